The summed E-state index contributed by atoms with van der Waals surface area (Å²) in [7, 11) is 1.66. The first-order valence-electron chi connectivity index (χ1n) is 5.31. The maximum atomic E-state index is 6.07. The number of methoxy groups -OCH3 is 1. The highest BCUT2D eigenvalue weighted by Gasteiger charge is 2.01. The lowest BCUT2D eigenvalue weighted by Gasteiger charge is -2.11. The molecule has 16 heavy (non-hydrogen) atoms. The quantitative estimate of drug-likeness (QED) is 0.747. The van der Waals surface area contributed by atoms with E-state index in [1.807, 2.05) is 25.1 Å². The second-order valence-corrected chi connectivity index (χ2v) is 3.87. The van der Waals surface area contributed by atoms with Crippen LogP contribution in [0.25, 0.3) is 0 Å². The Hall–Kier alpha value is -0.770. The number of ether oxygens (including phenoxy) is 2. The molecule has 0 heterocycles. The molecule has 1 aromatic rings. The zero-order valence-corrected chi connectivity index (χ0v) is 10.5. The van der Waals surface area contributed by atoms with Crippen molar-refractivity contribution in [1.82, 2.24) is 0 Å². The third-order valence-corrected chi connectivity index (χ3v) is 2.52. The predicted molar refractivity (Wildman–Crippen MR) is 67.4 cm³/mol. The van der Waals surface area contributed by atoms with Crippen molar-refractivity contribution in [2.75, 3.05) is 38.8 Å². The summed E-state index contributed by atoms with van der Waals surface area (Å²) in [5, 5.41) is 4.01. The van der Waals surface area contributed by atoms with E-state index in [2.05, 4.69) is 5.32 Å². The van der Waals surface area contributed by atoms with E-state index in [1.54, 1.807) is 7.11 Å². The van der Waals surface area contributed by atoms with Gasteiger partial charge in [0.2, 0.25) is 0 Å². The number of rotatable bonds is 7. The summed E-state index contributed by atoms with van der Waals surface area (Å²) < 4.78 is 10.2. The fraction of sp³-hybridized carbons (Fsp3) is 0.500. The average Bonchev–Trinajstić information content (AvgIpc) is 2.26. The number of hydrogen-bond acceptors (Lipinski definition) is 3. The second-order valence-electron chi connectivity index (χ2n) is 3.46. The summed E-state index contributed by atoms with van der Waals surface area (Å²) in [6.45, 7) is 4.67. The number of nitrogens with one attached hydrogen (secondary N) is 1. The molecular formula is C12H18ClNO2. The SMILES string of the molecule is COCCOCCNc1c(C)cccc1Cl. The molecule has 4 heteroatoms. The lowest BCUT2D eigenvalue weighted by atomic mass is 10.2. The number of para-hydroxylation sites is 1. The van der Waals surface area contributed by atoms with E-state index in [0.29, 0.717) is 19.8 Å². The number of anilines is 1. The summed E-state index contributed by atoms with van der Waals surface area (Å²) in [5.41, 5.74) is 2.13. The molecule has 0 atom stereocenters. The molecule has 0 bridgehead atoms. The van der Waals surface area contributed by atoms with Gasteiger partial charge in [0.1, 0.15) is 0 Å². The first-order valence-corrected chi connectivity index (χ1v) is 5.69. The Labute approximate surface area is 102 Å². The van der Waals surface area contributed by atoms with E-state index in [4.69, 9.17) is 21.1 Å². The Balaban J connectivity index is 2.26. The van der Waals surface area contributed by atoms with Gasteiger partial charge in [0.25, 0.3) is 0 Å². The molecule has 0 aromatic heterocycles. The molecule has 0 amide bonds. The summed E-state index contributed by atoms with van der Waals surface area (Å²) in [4.78, 5) is 0. The summed E-state index contributed by atoms with van der Waals surface area (Å²) in [5.74, 6) is 0. The molecule has 3 nitrogen and oxygen atoms in total. The van der Waals surface area contributed by atoms with Crippen molar-refractivity contribution >= 4 is 17.3 Å². The van der Waals surface area contributed by atoms with Crippen LogP contribution in [0.15, 0.2) is 18.2 Å². The number of aryl methyl sites for hydroxylation is 1. The van der Waals surface area contributed by atoms with Crippen molar-refractivity contribution in [2.45, 2.75) is 6.92 Å². The Morgan fingerprint density at radius 2 is 2.06 bits per heavy atom. The first kappa shape index (κ1) is 13.3. The molecule has 0 aliphatic rings. The van der Waals surface area contributed by atoms with Crippen LogP contribution < -0.4 is 5.32 Å². The lowest BCUT2D eigenvalue weighted by Crippen LogP contribution is -2.12. The molecule has 0 fully saturated rings. The molecule has 1 rings (SSSR count). The van der Waals surface area contributed by atoms with Crippen LogP contribution in [0.1, 0.15) is 5.56 Å². The summed E-state index contributed by atoms with van der Waals surface area (Å²) >= 11 is 6.07. The van der Waals surface area contributed by atoms with Crippen LogP contribution >= 0.6 is 11.6 Å². The molecular weight excluding hydrogens is 226 g/mol. The molecule has 90 valence electrons. The van der Waals surface area contributed by atoms with Crippen LogP contribution in [0.3, 0.4) is 0 Å². The zero-order valence-electron chi connectivity index (χ0n) is 9.75. The average molecular weight is 244 g/mol. The number of halogens is 1. The lowest BCUT2D eigenvalue weighted by molar-refractivity contribution is 0.0759. The Kier molecular flexibility index (Phi) is 6.23. The highest BCUT2D eigenvalue weighted by atomic mass is 35.5. The normalized spacial score (nSPS) is 10.4. The maximum Gasteiger partial charge on any atom is 0.0701 e. The topological polar surface area (TPSA) is 30.5 Å². The van der Waals surface area contributed by atoms with Crippen molar-refractivity contribution in [1.29, 1.82) is 0 Å². The van der Waals surface area contributed by atoms with Crippen molar-refractivity contribution < 1.29 is 9.47 Å². The fourth-order valence-electron chi connectivity index (χ4n) is 1.35. The van der Waals surface area contributed by atoms with Crippen molar-refractivity contribution in [3.05, 3.63) is 28.8 Å². The Morgan fingerprint density at radius 3 is 2.75 bits per heavy atom. The Bertz CT molecular complexity index is 298. The molecule has 0 saturated carbocycles. The molecule has 0 unspecified atom stereocenters. The second kappa shape index (κ2) is 7.49. The van der Waals surface area contributed by atoms with Crippen molar-refractivity contribution in [3.63, 3.8) is 0 Å². The third kappa shape index (κ3) is 4.39. The maximum absolute atomic E-state index is 6.07. The van der Waals surface area contributed by atoms with E-state index in [9.17, 15) is 0 Å². The van der Waals surface area contributed by atoms with E-state index >= 15 is 0 Å². The van der Waals surface area contributed by atoms with Gasteiger partial charge in [-0.15, -0.1) is 0 Å². The van der Waals surface area contributed by atoms with Gasteiger partial charge in [-0.2, -0.15) is 0 Å². The third-order valence-electron chi connectivity index (χ3n) is 2.20. The van der Waals surface area contributed by atoms with Gasteiger partial charge in [0.05, 0.1) is 30.5 Å². The number of hydrogen-bond donors (Lipinski definition) is 1. The van der Waals surface area contributed by atoms with Crippen LogP contribution in [0.5, 0.6) is 0 Å². The van der Waals surface area contributed by atoms with Crippen LogP contribution in [-0.4, -0.2) is 33.5 Å². The van der Waals surface area contributed by atoms with Gasteiger partial charge in [0.15, 0.2) is 0 Å². The minimum Gasteiger partial charge on any atom is -0.382 e. The number of benzene rings is 1. The van der Waals surface area contributed by atoms with E-state index in [-0.39, 0.29) is 0 Å². The largest absolute Gasteiger partial charge is 0.382 e. The minimum absolute atomic E-state index is 0.625. The predicted octanol–water partition coefficient (Wildman–Crippen LogP) is 2.72. The molecule has 0 aliphatic heterocycles. The molecule has 0 aliphatic carbocycles. The first-order chi connectivity index (χ1) is 7.75. The molecule has 0 radical (unpaired) electrons. The smallest absolute Gasteiger partial charge is 0.0701 e. The zero-order chi connectivity index (χ0) is 11.8. The van der Waals surface area contributed by atoms with E-state index in [1.165, 1.54) is 0 Å². The van der Waals surface area contributed by atoms with Crippen LogP contribution in [0, 0.1) is 6.92 Å². The molecule has 0 spiro atoms. The molecule has 0 saturated heterocycles. The summed E-state index contributed by atoms with van der Waals surface area (Å²) in [6, 6.07) is 5.85. The van der Waals surface area contributed by atoms with Crippen LogP contribution in [-0.2, 0) is 9.47 Å². The highest BCUT2D eigenvalue weighted by molar-refractivity contribution is 6.33. The van der Waals surface area contributed by atoms with Gasteiger partial charge in [-0.1, -0.05) is 23.7 Å². The standard InChI is InChI=1S/C12H18ClNO2/c1-10-4-3-5-11(13)12(10)14-6-7-16-9-8-15-2/h3-5,14H,6-9H2,1-2H3. The minimum atomic E-state index is 0.625. The van der Waals surface area contributed by atoms with Gasteiger partial charge < -0.3 is 14.8 Å². The van der Waals surface area contributed by atoms with Crippen molar-refractivity contribution in [2.24, 2.45) is 0 Å². The van der Waals surface area contributed by atoms with Crippen LogP contribution in [0.2, 0.25) is 5.02 Å². The van der Waals surface area contributed by atoms with Gasteiger partial charge >= 0.3 is 0 Å². The molecule has 1 N–H and O–H groups in total. The van der Waals surface area contributed by atoms with Gasteiger partial charge in [-0.25, -0.2) is 0 Å². The summed E-state index contributed by atoms with van der Waals surface area (Å²) in [6.07, 6.45) is 0. The van der Waals surface area contributed by atoms with E-state index in [0.717, 1.165) is 22.8 Å². The molecule has 1 aromatic carbocycles. The van der Waals surface area contributed by atoms with Gasteiger partial charge in [-0.05, 0) is 18.6 Å². The van der Waals surface area contributed by atoms with Crippen molar-refractivity contribution in [3.8, 4) is 0 Å². The van der Waals surface area contributed by atoms with Gasteiger partial charge in [-0.3, -0.25) is 0 Å². The Morgan fingerprint density at radius 1 is 1.25 bits per heavy atom. The van der Waals surface area contributed by atoms with Crippen LogP contribution in [0.4, 0.5) is 5.69 Å². The fourth-order valence-corrected chi connectivity index (χ4v) is 1.64. The van der Waals surface area contributed by atoms with Gasteiger partial charge in [0, 0.05) is 13.7 Å². The monoisotopic (exact) mass is 243 g/mol. The van der Waals surface area contributed by atoms with E-state index < -0.39 is 0 Å². The highest BCUT2D eigenvalue weighted by Crippen LogP contribution is 2.24.